The molecule has 148 valence electrons. The van der Waals surface area contributed by atoms with E-state index in [9.17, 15) is 9.59 Å². The average Bonchev–Trinajstić information content (AvgIpc) is 2.69. The maximum Gasteiger partial charge on any atom is 0.409 e. The number of amides is 2. The molecule has 0 aromatic carbocycles. The second-order valence-corrected chi connectivity index (χ2v) is 7.53. The van der Waals surface area contributed by atoms with Crippen LogP contribution in [-0.4, -0.2) is 60.7 Å². The minimum Gasteiger partial charge on any atom is -0.450 e. The first-order valence-corrected chi connectivity index (χ1v) is 10.0. The molecule has 27 heavy (non-hydrogen) atoms. The van der Waals surface area contributed by atoms with E-state index in [4.69, 9.17) is 4.74 Å². The standard InChI is InChI=1S/C20H30N4O3/c1-3-27-20(26)23-11-7-16(8-12-23)22-19(25)18-13-17(6-9-21-18)24-10-4-5-15(2)14-24/h6,9,13,15-16H,3-5,7-8,10-12,14H2,1-2H3,(H,22,25). The van der Waals surface area contributed by atoms with Crippen molar-refractivity contribution in [1.82, 2.24) is 15.2 Å². The van der Waals surface area contributed by atoms with Crippen molar-refractivity contribution in [3.05, 3.63) is 24.0 Å². The Kier molecular flexibility index (Phi) is 6.53. The molecule has 0 spiro atoms. The third kappa shape index (κ3) is 5.11. The summed E-state index contributed by atoms with van der Waals surface area (Å²) in [6.07, 6.45) is 5.35. The number of ether oxygens (including phenoxy) is 1. The van der Waals surface area contributed by atoms with Gasteiger partial charge < -0.3 is 19.9 Å². The molecule has 3 rings (SSSR count). The highest BCUT2D eigenvalue weighted by Gasteiger charge is 2.25. The SMILES string of the molecule is CCOC(=O)N1CCC(NC(=O)c2cc(N3CCCC(C)C3)ccn2)CC1. The van der Waals surface area contributed by atoms with Crippen molar-refractivity contribution < 1.29 is 14.3 Å². The van der Waals surface area contributed by atoms with Crippen LogP contribution in [0.1, 0.15) is 50.0 Å². The molecule has 7 heteroatoms. The van der Waals surface area contributed by atoms with E-state index in [0.717, 1.165) is 31.6 Å². The zero-order valence-electron chi connectivity index (χ0n) is 16.3. The van der Waals surface area contributed by atoms with Crippen LogP contribution in [0.2, 0.25) is 0 Å². The summed E-state index contributed by atoms with van der Waals surface area (Å²) >= 11 is 0. The van der Waals surface area contributed by atoms with Gasteiger partial charge in [0.1, 0.15) is 5.69 Å². The van der Waals surface area contributed by atoms with Gasteiger partial charge in [0, 0.05) is 44.1 Å². The molecule has 1 atom stereocenters. The Bertz CT molecular complexity index is 658. The Morgan fingerprint density at radius 1 is 1.26 bits per heavy atom. The first kappa shape index (κ1) is 19.5. The molecule has 0 saturated carbocycles. The van der Waals surface area contributed by atoms with E-state index >= 15 is 0 Å². The molecule has 1 aromatic heterocycles. The van der Waals surface area contributed by atoms with Crippen LogP contribution in [0.25, 0.3) is 0 Å². The number of likely N-dealkylation sites (tertiary alicyclic amines) is 1. The fraction of sp³-hybridized carbons (Fsp3) is 0.650. The lowest BCUT2D eigenvalue weighted by molar-refractivity contribution is 0.0856. The summed E-state index contributed by atoms with van der Waals surface area (Å²) in [5, 5.41) is 3.07. The van der Waals surface area contributed by atoms with Gasteiger partial charge in [-0.2, -0.15) is 0 Å². The number of hydrogen-bond acceptors (Lipinski definition) is 5. The van der Waals surface area contributed by atoms with Gasteiger partial charge in [0.05, 0.1) is 6.61 Å². The van der Waals surface area contributed by atoms with Gasteiger partial charge in [0.15, 0.2) is 0 Å². The molecule has 1 unspecified atom stereocenters. The van der Waals surface area contributed by atoms with Gasteiger partial charge in [0.25, 0.3) is 5.91 Å². The number of carbonyl (C=O) groups excluding carboxylic acids is 2. The molecule has 2 saturated heterocycles. The Morgan fingerprint density at radius 3 is 2.74 bits per heavy atom. The number of nitrogens with zero attached hydrogens (tertiary/aromatic N) is 3. The quantitative estimate of drug-likeness (QED) is 0.877. The molecule has 3 heterocycles. The molecule has 0 bridgehead atoms. The molecule has 7 nitrogen and oxygen atoms in total. The summed E-state index contributed by atoms with van der Waals surface area (Å²) in [5.41, 5.74) is 1.53. The van der Waals surface area contributed by atoms with Crippen molar-refractivity contribution in [3.8, 4) is 0 Å². The van der Waals surface area contributed by atoms with Crippen LogP contribution in [-0.2, 0) is 4.74 Å². The lowest BCUT2D eigenvalue weighted by atomic mass is 10.00. The highest BCUT2D eigenvalue weighted by molar-refractivity contribution is 5.93. The van der Waals surface area contributed by atoms with Crippen molar-refractivity contribution in [1.29, 1.82) is 0 Å². The fourth-order valence-electron chi connectivity index (χ4n) is 3.84. The Hall–Kier alpha value is -2.31. The van der Waals surface area contributed by atoms with Crippen LogP contribution < -0.4 is 10.2 Å². The van der Waals surface area contributed by atoms with Gasteiger partial charge in [-0.3, -0.25) is 9.78 Å². The van der Waals surface area contributed by atoms with Crippen molar-refractivity contribution in [2.75, 3.05) is 37.7 Å². The van der Waals surface area contributed by atoms with Crippen molar-refractivity contribution in [2.24, 2.45) is 5.92 Å². The summed E-state index contributed by atoms with van der Waals surface area (Å²) in [4.78, 5) is 32.7. The second-order valence-electron chi connectivity index (χ2n) is 7.53. The molecule has 0 radical (unpaired) electrons. The third-order valence-corrected chi connectivity index (χ3v) is 5.35. The number of pyridine rings is 1. The van der Waals surface area contributed by atoms with Gasteiger partial charge in [-0.15, -0.1) is 0 Å². The van der Waals surface area contributed by atoms with E-state index in [1.165, 1.54) is 12.8 Å². The molecule has 0 aliphatic carbocycles. The van der Waals surface area contributed by atoms with E-state index in [1.807, 2.05) is 12.1 Å². The molecule has 2 aliphatic rings. The highest BCUT2D eigenvalue weighted by atomic mass is 16.6. The minimum absolute atomic E-state index is 0.0589. The number of rotatable bonds is 4. The predicted octanol–water partition coefficient (Wildman–Crippen LogP) is 2.67. The number of aromatic nitrogens is 1. The predicted molar refractivity (Wildman–Crippen MR) is 104 cm³/mol. The molecule has 2 amide bonds. The smallest absolute Gasteiger partial charge is 0.409 e. The number of hydrogen-bond donors (Lipinski definition) is 1. The summed E-state index contributed by atoms with van der Waals surface area (Å²) in [7, 11) is 0. The van der Waals surface area contributed by atoms with Crippen LogP contribution in [0.5, 0.6) is 0 Å². The third-order valence-electron chi connectivity index (χ3n) is 5.35. The van der Waals surface area contributed by atoms with E-state index in [-0.39, 0.29) is 18.0 Å². The van der Waals surface area contributed by atoms with Crippen LogP contribution in [0.3, 0.4) is 0 Å². The maximum absolute atomic E-state index is 12.6. The van der Waals surface area contributed by atoms with Gasteiger partial charge >= 0.3 is 6.09 Å². The molecular formula is C20H30N4O3. The molecule has 2 aliphatic heterocycles. The lowest BCUT2D eigenvalue weighted by Crippen LogP contribution is -2.46. The van der Waals surface area contributed by atoms with Gasteiger partial charge in [0.2, 0.25) is 0 Å². The zero-order chi connectivity index (χ0) is 19.2. The molecule has 2 fully saturated rings. The number of nitrogens with one attached hydrogen (secondary N) is 1. The Labute approximate surface area is 161 Å². The Morgan fingerprint density at radius 2 is 2.04 bits per heavy atom. The Balaban J connectivity index is 1.54. The van der Waals surface area contributed by atoms with E-state index < -0.39 is 0 Å². The van der Waals surface area contributed by atoms with E-state index in [0.29, 0.717) is 31.3 Å². The average molecular weight is 374 g/mol. The number of anilines is 1. The molecular weight excluding hydrogens is 344 g/mol. The normalized spacial score (nSPS) is 21.0. The van der Waals surface area contributed by atoms with Crippen molar-refractivity contribution in [3.63, 3.8) is 0 Å². The van der Waals surface area contributed by atoms with Crippen LogP contribution in [0.4, 0.5) is 10.5 Å². The fourth-order valence-corrected chi connectivity index (χ4v) is 3.84. The lowest BCUT2D eigenvalue weighted by Gasteiger charge is -2.33. The van der Waals surface area contributed by atoms with E-state index in [2.05, 4.69) is 22.1 Å². The van der Waals surface area contributed by atoms with Crippen LogP contribution in [0, 0.1) is 5.92 Å². The first-order chi connectivity index (χ1) is 13.1. The highest BCUT2D eigenvalue weighted by Crippen LogP contribution is 2.23. The van der Waals surface area contributed by atoms with Crippen molar-refractivity contribution in [2.45, 2.75) is 45.6 Å². The van der Waals surface area contributed by atoms with Gasteiger partial charge in [-0.25, -0.2) is 4.79 Å². The molecule has 1 N–H and O–H groups in total. The number of piperidine rings is 2. The summed E-state index contributed by atoms with van der Waals surface area (Å²) in [6.45, 7) is 7.71. The second kappa shape index (κ2) is 9.06. The van der Waals surface area contributed by atoms with Gasteiger partial charge in [-0.05, 0) is 50.7 Å². The van der Waals surface area contributed by atoms with Crippen LogP contribution in [0.15, 0.2) is 18.3 Å². The van der Waals surface area contributed by atoms with Crippen molar-refractivity contribution >= 4 is 17.7 Å². The van der Waals surface area contributed by atoms with Crippen LogP contribution >= 0.6 is 0 Å². The minimum atomic E-state index is -0.271. The summed E-state index contributed by atoms with van der Waals surface area (Å²) < 4.78 is 5.03. The number of carbonyl (C=O) groups is 2. The van der Waals surface area contributed by atoms with Gasteiger partial charge in [-0.1, -0.05) is 6.92 Å². The topological polar surface area (TPSA) is 74.8 Å². The zero-order valence-corrected chi connectivity index (χ0v) is 16.3. The van der Waals surface area contributed by atoms with E-state index in [1.54, 1.807) is 18.0 Å². The monoisotopic (exact) mass is 374 g/mol. The molecule has 1 aromatic rings. The maximum atomic E-state index is 12.6. The first-order valence-electron chi connectivity index (χ1n) is 10.0. The largest absolute Gasteiger partial charge is 0.450 e. The summed E-state index contributed by atoms with van der Waals surface area (Å²) in [5.74, 6) is 0.533. The summed E-state index contributed by atoms with van der Waals surface area (Å²) in [6, 6.07) is 3.93.